The summed E-state index contributed by atoms with van der Waals surface area (Å²) in [7, 11) is 1.80. The Kier molecular flexibility index (Phi) is 10.2. The van der Waals surface area contributed by atoms with Crippen molar-refractivity contribution in [1.29, 1.82) is 0 Å². The number of aromatic nitrogens is 1. The third-order valence-corrected chi connectivity index (χ3v) is 4.58. The van der Waals surface area contributed by atoms with Gasteiger partial charge in [0.2, 0.25) is 0 Å². The quantitative estimate of drug-likeness (QED) is 0.351. The molecule has 0 radical (unpaired) electrons. The molecule has 1 saturated heterocycles. The Labute approximate surface area is 184 Å². The molecule has 1 aliphatic heterocycles. The van der Waals surface area contributed by atoms with Crippen LogP contribution in [0.15, 0.2) is 53.7 Å². The number of pyridine rings is 1. The van der Waals surface area contributed by atoms with Crippen LogP contribution in [0.5, 0.6) is 0 Å². The highest BCUT2D eigenvalue weighted by atomic mass is 127. The van der Waals surface area contributed by atoms with Gasteiger partial charge in [-0.05, 0) is 23.3 Å². The topological polar surface area (TPSA) is 61.8 Å². The summed E-state index contributed by atoms with van der Waals surface area (Å²) in [5, 5.41) is 6.73. The second-order valence-electron chi connectivity index (χ2n) is 6.63. The number of nitrogens with one attached hydrogen (secondary N) is 2. The Balaban J connectivity index is 0.00000280. The molecule has 3 rings (SSSR count). The van der Waals surface area contributed by atoms with Gasteiger partial charge in [-0.3, -0.25) is 14.9 Å². The molecule has 0 amide bonds. The maximum absolute atomic E-state index is 5.42. The van der Waals surface area contributed by atoms with E-state index in [0.29, 0.717) is 0 Å². The van der Waals surface area contributed by atoms with Gasteiger partial charge in [-0.1, -0.05) is 30.3 Å². The highest BCUT2D eigenvalue weighted by Gasteiger charge is 2.10. The van der Waals surface area contributed by atoms with Crippen molar-refractivity contribution in [2.24, 2.45) is 4.99 Å². The molecule has 28 heavy (non-hydrogen) atoms. The average Bonchev–Trinajstić information content (AvgIpc) is 2.72. The summed E-state index contributed by atoms with van der Waals surface area (Å²) in [4.78, 5) is 11.1. The monoisotopic (exact) mass is 495 g/mol. The lowest BCUT2D eigenvalue weighted by Crippen LogP contribution is -2.38. The first kappa shape index (κ1) is 22.6. The minimum atomic E-state index is 0. The second-order valence-corrected chi connectivity index (χ2v) is 6.63. The van der Waals surface area contributed by atoms with Gasteiger partial charge in [0.05, 0.1) is 13.2 Å². The van der Waals surface area contributed by atoms with Gasteiger partial charge in [0, 0.05) is 58.1 Å². The first-order valence-corrected chi connectivity index (χ1v) is 9.56. The number of morpholine rings is 1. The first-order chi connectivity index (χ1) is 13.3. The summed E-state index contributed by atoms with van der Waals surface area (Å²) < 4.78 is 5.42. The fraction of sp³-hybridized carbons (Fsp3) is 0.429. The van der Waals surface area contributed by atoms with E-state index in [4.69, 9.17) is 4.74 Å². The number of guanidine groups is 1. The van der Waals surface area contributed by atoms with E-state index in [1.807, 2.05) is 24.4 Å². The minimum absolute atomic E-state index is 0. The Bertz CT molecular complexity index is 720. The van der Waals surface area contributed by atoms with Gasteiger partial charge in [-0.15, -0.1) is 24.0 Å². The molecule has 0 saturated carbocycles. The summed E-state index contributed by atoms with van der Waals surface area (Å²) in [5.74, 6) is 0.810. The molecule has 2 heterocycles. The fourth-order valence-corrected chi connectivity index (χ4v) is 3.12. The van der Waals surface area contributed by atoms with Gasteiger partial charge in [-0.2, -0.15) is 0 Å². The summed E-state index contributed by atoms with van der Waals surface area (Å²) in [5.41, 5.74) is 3.68. The Morgan fingerprint density at radius 3 is 2.68 bits per heavy atom. The van der Waals surface area contributed by atoms with Crippen LogP contribution in [0, 0.1) is 0 Å². The van der Waals surface area contributed by atoms with Crippen LogP contribution < -0.4 is 10.6 Å². The number of hydrogen-bond donors (Lipinski definition) is 2. The third-order valence-electron chi connectivity index (χ3n) is 4.58. The highest BCUT2D eigenvalue weighted by molar-refractivity contribution is 14.0. The number of nitrogens with zero attached hydrogens (tertiary/aromatic N) is 3. The fourth-order valence-electron chi connectivity index (χ4n) is 3.12. The predicted octanol–water partition coefficient (Wildman–Crippen LogP) is 2.44. The Hall–Kier alpha value is -1.71. The van der Waals surface area contributed by atoms with Crippen LogP contribution in [-0.2, 0) is 24.2 Å². The van der Waals surface area contributed by atoms with Crippen molar-refractivity contribution < 1.29 is 4.74 Å². The summed E-state index contributed by atoms with van der Waals surface area (Å²) in [6, 6.07) is 14.7. The van der Waals surface area contributed by atoms with E-state index >= 15 is 0 Å². The number of hydrogen-bond acceptors (Lipinski definition) is 4. The van der Waals surface area contributed by atoms with Crippen molar-refractivity contribution in [1.82, 2.24) is 20.5 Å². The van der Waals surface area contributed by atoms with Gasteiger partial charge in [0.25, 0.3) is 0 Å². The Morgan fingerprint density at radius 1 is 1.11 bits per heavy atom. The zero-order chi connectivity index (χ0) is 18.7. The molecule has 2 aromatic rings. The van der Waals surface area contributed by atoms with Crippen LogP contribution in [0.3, 0.4) is 0 Å². The van der Waals surface area contributed by atoms with Gasteiger partial charge >= 0.3 is 0 Å². The van der Waals surface area contributed by atoms with E-state index in [1.54, 1.807) is 7.05 Å². The molecule has 7 heteroatoms. The lowest BCUT2D eigenvalue weighted by molar-refractivity contribution is 0.0342. The van der Waals surface area contributed by atoms with Crippen LogP contribution in [0.25, 0.3) is 0 Å². The van der Waals surface area contributed by atoms with Crippen molar-refractivity contribution in [2.45, 2.75) is 19.5 Å². The van der Waals surface area contributed by atoms with E-state index in [-0.39, 0.29) is 24.0 Å². The summed E-state index contributed by atoms with van der Waals surface area (Å²) >= 11 is 0. The molecule has 1 fully saturated rings. The maximum Gasteiger partial charge on any atom is 0.191 e. The summed E-state index contributed by atoms with van der Waals surface area (Å²) in [6.07, 6.45) is 2.70. The molecule has 0 atom stereocenters. The lowest BCUT2D eigenvalue weighted by atomic mass is 10.1. The first-order valence-electron chi connectivity index (χ1n) is 9.56. The minimum Gasteiger partial charge on any atom is -0.379 e. The van der Waals surface area contributed by atoms with Gasteiger partial charge in [0.15, 0.2) is 5.96 Å². The van der Waals surface area contributed by atoms with Crippen molar-refractivity contribution in [3.63, 3.8) is 0 Å². The van der Waals surface area contributed by atoms with Crippen LogP contribution >= 0.6 is 24.0 Å². The smallest absolute Gasteiger partial charge is 0.191 e. The standard InChI is InChI=1S/C21H29N5O.HI/c1-22-21(24-10-8-20-7-2-3-9-23-20)25-16-18-5-4-6-19(15-18)17-26-11-13-27-14-12-26;/h2-7,9,15H,8,10-14,16-17H2,1H3,(H2,22,24,25);1H. The molecule has 1 aliphatic rings. The average molecular weight is 495 g/mol. The lowest BCUT2D eigenvalue weighted by Gasteiger charge is -2.26. The number of halogens is 1. The maximum atomic E-state index is 5.42. The van der Waals surface area contributed by atoms with Crippen molar-refractivity contribution in [3.8, 4) is 0 Å². The zero-order valence-electron chi connectivity index (χ0n) is 16.4. The summed E-state index contributed by atoms with van der Waals surface area (Å²) in [6.45, 7) is 6.22. The van der Waals surface area contributed by atoms with Gasteiger partial charge in [-0.25, -0.2) is 0 Å². The molecule has 2 N–H and O–H groups in total. The highest BCUT2D eigenvalue weighted by Crippen LogP contribution is 2.10. The van der Waals surface area contributed by atoms with Crippen molar-refractivity contribution in [2.75, 3.05) is 39.9 Å². The molecule has 152 valence electrons. The molecular weight excluding hydrogens is 465 g/mol. The Morgan fingerprint density at radius 2 is 1.93 bits per heavy atom. The largest absolute Gasteiger partial charge is 0.379 e. The van der Waals surface area contributed by atoms with E-state index in [1.165, 1.54) is 11.1 Å². The van der Waals surface area contributed by atoms with E-state index in [9.17, 15) is 0 Å². The van der Waals surface area contributed by atoms with Gasteiger partial charge in [0.1, 0.15) is 0 Å². The van der Waals surface area contributed by atoms with Crippen LogP contribution in [0.2, 0.25) is 0 Å². The predicted molar refractivity (Wildman–Crippen MR) is 124 cm³/mol. The molecule has 1 aromatic heterocycles. The van der Waals surface area contributed by atoms with Gasteiger partial charge < -0.3 is 15.4 Å². The molecule has 0 aliphatic carbocycles. The van der Waals surface area contributed by atoms with Crippen LogP contribution in [0.1, 0.15) is 16.8 Å². The molecule has 0 bridgehead atoms. The van der Waals surface area contributed by atoms with E-state index in [2.05, 4.69) is 49.8 Å². The third kappa shape index (κ3) is 7.73. The van der Waals surface area contributed by atoms with Crippen LogP contribution in [0.4, 0.5) is 0 Å². The number of benzene rings is 1. The second kappa shape index (κ2) is 12.7. The molecule has 1 aromatic carbocycles. The molecular formula is C21H30IN5O. The molecule has 6 nitrogen and oxygen atoms in total. The van der Waals surface area contributed by atoms with E-state index in [0.717, 1.165) is 64.0 Å². The van der Waals surface area contributed by atoms with Crippen molar-refractivity contribution >= 4 is 29.9 Å². The number of aliphatic imine (C=N–C) groups is 1. The number of rotatable bonds is 7. The van der Waals surface area contributed by atoms with Crippen molar-refractivity contribution in [3.05, 3.63) is 65.5 Å². The SMILES string of the molecule is CN=C(NCCc1ccccn1)NCc1cccc(CN2CCOCC2)c1.I. The molecule has 0 spiro atoms. The van der Waals surface area contributed by atoms with E-state index < -0.39 is 0 Å². The molecule has 0 unspecified atom stereocenters. The normalized spacial score (nSPS) is 15.0. The van der Waals surface area contributed by atoms with Crippen LogP contribution in [-0.4, -0.2) is 55.7 Å². The number of ether oxygens (including phenoxy) is 1. The zero-order valence-corrected chi connectivity index (χ0v) is 18.8.